The fourth-order valence-corrected chi connectivity index (χ4v) is 4.13. The number of aryl methyl sites for hydroxylation is 1. The van der Waals surface area contributed by atoms with Gasteiger partial charge >= 0.3 is 0 Å². The molecule has 2 fully saturated rings. The topological polar surface area (TPSA) is 62.3 Å². The van der Waals surface area contributed by atoms with Gasteiger partial charge in [0.1, 0.15) is 5.75 Å². The Morgan fingerprint density at radius 1 is 1.24 bits per heavy atom. The highest BCUT2D eigenvalue weighted by atomic mass is 16.5. The van der Waals surface area contributed by atoms with Crippen molar-refractivity contribution < 1.29 is 19.1 Å². The number of hydrogen-bond donors (Lipinski definition) is 0. The number of morpholine rings is 1. The number of nitrogens with zero attached hydrogens (tertiary/aromatic N) is 3. The smallest absolute Gasteiger partial charge is 0.222 e. The lowest BCUT2D eigenvalue weighted by atomic mass is 10.1. The summed E-state index contributed by atoms with van der Waals surface area (Å²) in [6.07, 6.45) is 2.03. The van der Waals surface area contributed by atoms with E-state index in [1.807, 2.05) is 34.1 Å². The SMILES string of the molecule is COc1cccc(CCC(=O)N2CCC(N(CCN3CCOCC3)C(C)=O)C2)c1. The lowest BCUT2D eigenvalue weighted by Gasteiger charge is -2.32. The van der Waals surface area contributed by atoms with Crippen LogP contribution in [-0.2, 0) is 20.7 Å². The van der Waals surface area contributed by atoms with Crippen molar-refractivity contribution in [3.05, 3.63) is 29.8 Å². The van der Waals surface area contributed by atoms with E-state index in [1.54, 1.807) is 14.0 Å². The zero-order chi connectivity index (χ0) is 20.6. The van der Waals surface area contributed by atoms with E-state index in [2.05, 4.69) is 4.90 Å². The molecule has 1 unspecified atom stereocenters. The quantitative estimate of drug-likeness (QED) is 0.657. The van der Waals surface area contributed by atoms with Crippen molar-refractivity contribution >= 4 is 11.8 Å². The number of amides is 2. The van der Waals surface area contributed by atoms with Gasteiger partial charge in [0.2, 0.25) is 11.8 Å². The van der Waals surface area contributed by atoms with Gasteiger partial charge in [-0.05, 0) is 30.5 Å². The Balaban J connectivity index is 1.47. The van der Waals surface area contributed by atoms with Crippen LogP contribution in [0.1, 0.15) is 25.3 Å². The van der Waals surface area contributed by atoms with Crippen LogP contribution >= 0.6 is 0 Å². The number of carbonyl (C=O) groups excluding carboxylic acids is 2. The van der Waals surface area contributed by atoms with Crippen LogP contribution in [0.3, 0.4) is 0 Å². The molecule has 2 saturated heterocycles. The molecule has 0 aromatic heterocycles. The van der Waals surface area contributed by atoms with Crippen molar-refractivity contribution in [2.45, 2.75) is 32.2 Å². The molecule has 1 aromatic carbocycles. The van der Waals surface area contributed by atoms with E-state index < -0.39 is 0 Å². The van der Waals surface area contributed by atoms with Gasteiger partial charge in [0.05, 0.1) is 26.4 Å². The van der Waals surface area contributed by atoms with Crippen LogP contribution in [-0.4, -0.2) is 92.1 Å². The Bertz CT molecular complexity index is 690. The highest BCUT2D eigenvalue weighted by Gasteiger charge is 2.31. The molecular formula is C22H33N3O4. The predicted molar refractivity (Wildman–Crippen MR) is 111 cm³/mol. The molecule has 1 aromatic rings. The van der Waals surface area contributed by atoms with Crippen LogP contribution in [0.15, 0.2) is 24.3 Å². The van der Waals surface area contributed by atoms with Crippen molar-refractivity contribution in [3.8, 4) is 5.75 Å². The van der Waals surface area contributed by atoms with E-state index in [-0.39, 0.29) is 17.9 Å². The van der Waals surface area contributed by atoms with Gasteiger partial charge in [-0.3, -0.25) is 14.5 Å². The van der Waals surface area contributed by atoms with Gasteiger partial charge in [0.25, 0.3) is 0 Å². The number of hydrogen-bond acceptors (Lipinski definition) is 5. The Morgan fingerprint density at radius 2 is 2.03 bits per heavy atom. The zero-order valence-electron chi connectivity index (χ0n) is 17.6. The second-order valence-corrected chi connectivity index (χ2v) is 7.80. The number of methoxy groups -OCH3 is 1. The molecule has 2 aliphatic rings. The molecule has 2 heterocycles. The van der Waals surface area contributed by atoms with Crippen molar-refractivity contribution in [3.63, 3.8) is 0 Å². The van der Waals surface area contributed by atoms with Crippen LogP contribution in [0.5, 0.6) is 5.75 Å². The molecule has 160 valence electrons. The van der Waals surface area contributed by atoms with Gasteiger partial charge in [-0.15, -0.1) is 0 Å². The second-order valence-electron chi connectivity index (χ2n) is 7.80. The van der Waals surface area contributed by atoms with Crippen LogP contribution in [0.25, 0.3) is 0 Å². The number of carbonyl (C=O) groups is 2. The molecular weight excluding hydrogens is 370 g/mol. The van der Waals surface area contributed by atoms with Crippen molar-refractivity contribution in [2.75, 3.05) is 59.6 Å². The molecule has 0 saturated carbocycles. The summed E-state index contributed by atoms with van der Waals surface area (Å²) < 4.78 is 10.6. The minimum absolute atomic E-state index is 0.0916. The van der Waals surface area contributed by atoms with Crippen molar-refractivity contribution in [1.29, 1.82) is 0 Å². The third-order valence-corrected chi connectivity index (χ3v) is 5.88. The molecule has 0 spiro atoms. The van der Waals surface area contributed by atoms with Gasteiger partial charge in [0, 0.05) is 52.6 Å². The van der Waals surface area contributed by atoms with E-state index >= 15 is 0 Å². The van der Waals surface area contributed by atoms with E-state index in [4.69, 9.17) is 9.47 Å². The summed E-state index contributed by atoms with van der Waals surface area (Å²) >= 11 is 0. The third kappa shape index (κ3) is 6.18. The van der Waals surface area contributed by atoms with Crippen LogP contribution < -0.4 is 4.74 Å². The van der Waals surface area contributed by atoms with E-state index in [9.17, 15) is 9.59 Å². The molecule has 0 radical (unpaired) electrons. The minimum Gasteiger partial charge on any atom is -0.497 e. The minimum atomic E-state index is 0.0916. The largest absolute Gasteiger partial charge is 0.497 e. The van der Waals surface area contributed by atoms with E-state index in [0.717, 1.165) is 57.1 Å². The summed E-state index contributed by atoms with van der Waals surface area (Å²) in [6.45, 7) is 7.94. The van der Waals surface area contributed by atoms with E-state index in [0.29, 0.717) is 25.9 Å². The molecule has 29 heavy (non-hydrogen) atoms. The Labute approximate surface area is 173 Å². The first-order chi connectivity index (χ1) is 14.1. The number of ether oxygens (including phenoxy) is 2. The molecule has 1 atom stereocenters. The number of likely N-dealkylation sites (tertiary alicyclic amines) is 1. The number of benzene rings is 1. The first kappa shape index (κ1) is 21.6. The lowest BCUT2D eigenvalue weighted by Crippen LogP contribution is -2.47. The van der Waals surface area contributed by atoms with Crippen molar-refractivity contribution in [1.82, 2.24) is 14.7 Å². The zero-order valence-corrected chi connectivity index (χ0v) is 17.6. The molecule has 3 rings (SSSR count). The molecule has 0 bridgehead atoms. The van der Waals surface area contributed by atoms with Gasteiger partial charge in [-0.25, -0.2) is 0 Å². The predicted octanol–water partition coefficient (Wildman–Crippen LogP) is 1.41. The molecule has 2 amide bonds. The Kier molecular flexibility index (Phi) is 7.89. The molecule has 7 nitrogen and oxygen atoms in total. The van der Waals surface area contributed by atoms with Gasteiger partial charge < -0.3 is 19.3 Å². The summed E-state index contributed by atoms with van der Waals surface area (Å²) in [7, 11) is 1.65. The summed E-state index contributed by atoms with van der Waals surface area (Å²) in [6, 6.07) is 7.97. The first-order valence-corrected chi connectivity index (χ1v) is 10.5. The monoisotopic (exact) mass is 403 g/mol. The Hall–Kier alpha value is -2.12. The molecule has 0 N–H and O–H groups in total. The maximum Gasteiger partial charge on any atom is 0.222 e. The summed E-state index contributed by atoms with van der Waals surface area (Å²) in [5.41, 5.74) is 1.10. The second kappa shape index (κ2) is 10.6. The van der Waals surface area contributed by atoms with Gasteiger partial charge in [0.15, 0.2) is 0 Å². The first-order valence-electron chi connectivity index (χ1n) is 10.5. The maximum atomic E-state index is 12.7. The molecule has 2 aliphatic heterocycles. The summed E-state index contributed by atoms with van der Waals surface area (Å²) in [4.78, 5) is 31.1. The summed E-state index contributed by atoms with van der Waals surface area (Å²) in [5, 5.41) is 0. The van der Waals surface area contributed by atoms with Crippen LogP contribution in [0.2, 0.25) is 0 Å². The van der Waals surface area contributed by atoms with Gasteiger partial charge in [-0.2, -0.15) is 0 Å². The average molecular weight is 404 g/mol. The fourth-order valence-electron chi connectivity index (χ4n) is 4.13. The average Bonchev–Trinajstić information content (AvgIpc) is 3.23. The highest BCUT2D eigenvalue weighted by molar-refractivity contribution is 5.77. The lowest BCUT2D eigenvalue weighted by molar-refractivity contribution is -0.133. The van der Waals surface area contributed by atoms with Crippen molar-refractivity contribution in [2.24, 2.45) is 0 Å². The van der Waals surface area contributed by atoms with Crippen LogP contribution in [0, 0.1) is 0 Å². The normalized spacial score (nSPS) is 19.9. The standard InChI is InChI=1S/C22H33N3O4/c1-18(26)25(11-10-23-12-14-29-15-13-23)20-8-9-24(17-20)22(27)7-6-19-4-3-5-21(16-19)28-2/h3-5,16,20H,6-15,17H2,1-2H3. The molecule has 0 aliphatic carbocycles. The van der Waals surface area contributed by atoms with Crippen LogP contribution in [0.4, 0.5) is 0 Å². The van der Waals surface area contributed by atoms with E-state index in [1.165, 1.54) is 0 Å². The fraction of sp³-hybridized carbons (Fsp3) is 0.636. The maximum absolute atomic E-state index is 12.7. The van der Waals surface area contributed by atoms with Gasteiger partial charge in [-0.1, -0.05) is 12.1 Å². The highest BCUT2D eigenvalue weighted by Crippen LogP contribution is 2.19. The molecule has 7 heteroatoms. The third-order valence-electron chi connectivity index (χ3n) is 5.88. The summed E-state index contributed by atoms with van der Waals surface area (Å²) in [5.74, 6) is 1.06. The Morgan fingerprint density at radius 3 is 2.76 bits per heavy atom. The number of rotatable bonds is 8.